The lowest BCUT2D eigenvalue weighted by Gasteiger charge is -2.08. The predicted molar refractivity (Wildman–Crippen MR) is 125 cm³/mol. The second-order valence-corrected chi connectivity index (χ2v) is 7.80. The molecule has 1 aromatic heterocycles. The van der Waals surface area contributed by atoms with E-state index in [-0.39, 0.29) is 5.91 Å². The van der Waals surface area contributed by atoms with Crippen LogP contribution >= 0.6 is 0 Å². The van der Waals surface area contributed by atoms with E-state index in [2.05, 4.69) is 40.4 Å². The molecule has 0 saturated heterocycles. The summed E-state index contributed by atoms with van der Waals surface area (Å²) in [5.74, 6) is 1.82. The molecular weight excluding hydrogens is 386 g/mol. The van der Waals surface area contributed by atoms with Gasteiger partial charge < -0.3 is 15.0 Å². The smallest absolute Gasteiger partial charge is 0.224 e. The first-order valence-corrected chi connectivity index (χ1v) is 10.6. The number of aryl methyl sites for hydroxylation is 4. The standard InChI is InChI=1S/C26H27N3O2/c1-18-6-13-23-24(16-18)29-25(28-23)14-9-20-4-3-5-21(17-20)27-26(30)15-10-19-7-11-22(31-2)12-8-19/h3-8,11-13,16-17H,9-10,14-15H2,1-2H3,(H,27,30)(H,28,29). The quantitative estimate of drug-likeness (QED) is 0.415. The first-order chi connectivity index (χ1) is 15.1. The number of H-pyrrole nitrogens is 1. The average Bonchev–Trinajstić information content (AvgIpc) is 3.19. The van der Waals surface area contributed by atoms with Crippen molar-refractivity contribution in [3.63, 3.8) is 0 Å². The summed E-state index contributed by atoms with van der Waals surface area (Å²) in [5.41, 5.74) is 6.41. The van der Waals surface area contributed by atoms with E-state index in [1.807, 2.05) is 48.5 Å². The van der Waals surface area contributed by atoms with Crippen LogP contribution in [-0.2, 0) is 24.1 Å². The van der Waals surface area contributed by atoms with Gasteiger partial charge in [0, 0.05) is 18.5 Å². The third kappa shape index (κ3) is 5.51. The molecular formula is C26H27N3O2. The highest BCUT2D eigenvalue weighted by molar-refractivity contribution is 5.90. The summed E-state index contributed by atoms with van der Waals surface area (Å²) in [6, 6.07) is 22.1. The molecule has 4 rings (SSSR count). The average molecular weight is 414 g/mol. The Balaban J connectivity index is 1.31. The summed E-state index contributed by atoms with van der Waals surface area (Å²) in [6.45, 7) is 2.08. The van der Waals surface area contributed by atoms with Gasteiger partial charge in [-0.2, -0.15) is 0 Å². The number of aromatic nitrogens is 2. The Labute approximate surface area is 182 Å². The van der Waals surface area contributed by atoms with Crippen LogP contribution in [0.5, 0.6) is 5.75 Å². The fourth-order valence-corrected chi connectivity index (χ4v) is 3.64. The van der Waals surface area contributed by atoms with Crippen molar-refractivity contribution in [1.82, 2.24) is 9.97 Å². The van der Waals surface area contributed by atoms with Gasteiger partial charge in [0.15, 0.2) is 0 Å². The van der Waals surface area contributed by atoms with Gasteiger partial charge in [-0.15, -0.1) is 0 Å². The molecule has 5 heteroatoms. The summed E-state index contributed by atoms with van der Waals surface area (Å²) in [5, 5.41) is 3.01. The summed E-state index contributed by atoms with van der Waals surface area (Å²) < 4.78 is 5.17. The van der Waals surface area contributed by atoms with Gasteiger partial charge in [-0.05, 0) is 72.9 Å². The number of amides is 1. The molecule has 0 atom stereocenters. The number of anilines is 1. The van der Waals surface area contributed by atoms with Crippen molar-refractivity contribution in [2.75, 3.05) is 12.4 Å². The number of nitrogens with one attached hydrogen (secondary N) is 2. The molecule has 3 aromatic carbocycles. The monoisotopic (exact) mass is 413 g/mol. The first-order valence-electron chi connectivity index (χ1n) is 10.6. The second kappa shape index (κ2) is 9.47. The van der Waals surface area contributed by atoms with E-state index in [1.165, 1.54) is 11.1 Å². The molecule has 0 fully saturated rings. The molecule has 0 saturated carbocycles. The van der Waals surface area contributed by atoms with Gasteiger partial charge in [0.05, 0.1) is 18.1 Å². The SMILES string of the molecule is COc1ccc(CCC(=O)Nc2cccc(CCc3nc4ccc(C)cc4[nH]3)c2)cc1. The van der Waals surface area contributed by atoms with Crippen molar-refractivity contribution >= 4 is 22.6 Å². The molecule has 4 aromatic rings. The molecule has 0 aliphatic heterocycles. The normalized spacial score (nSPS) is 10.9. The number of nitrogens with zero attached hydrogens (tertiary/aromatic N) is 1. The molecule has 31 heavy (non-hydrogen) atoms. The molecule has 1 heterocycles. The van der Waals surface area contributed by atoms with Crippen LogP contribution in [0.4, 0.5) is 5.69 Å². The van der Waals surface area contributed by atoms with Gasteiger partial charge in [0.1, 0.15) is 11.6 Å². The molecule has 1 amide bonds. The zero-order valence-electron chi connectivity index (χ0n) is 17.9. The minimum atomic E-state index is 0.0145. The third-order valence-corrected chi connectivity index (χ3v) is 5.35. The van der Waals surface area contributed by atoms with Gasteiger partial charge >= 0.3 is 0 Å². The van der Waals surface area contributed by atoms with Gasteiger partial charge in [-0.25, -0.2) is 4.98 Å². The van der Waals surface area contributed by atoms with Crippen LogP contribution in [0, 0.1) is 6.92 Å². The summed E-state index contributed by atoms with van der Waals surface area (Å²) in [7, 11) is 1.65. The van der Waals surface area contributed by atoms with E-state index in [0.717, 1.165) is 46.7 Å². The highest BCUT2D eigenvalue weighted by Gasteiger charge is 2.06. The lowest BCUT2D eigenvalue weighted by atomic mass is 10.1. The van der Waals surface area contributed by atoms with Crippen LogP contribution in [0.25, 0.3) is 11.0 Å². The van der Waals surface area contributed by atoms with E-state index >= 15 is 0 Å². The van der Waals surface area contributed by atoms with Gasteiger partial charge in [-0.1, -0.05) is 30.3 Å². The zero-order valence-corrected chi connectivity index (χ0v) is 17.9. The third-order valence-electron chi connectivity index (χ3n) is 5.35. The van der Waals surface area contributed by atoms with E-state index in [1.54, 1.807) is 7.11 Å². The number of fused-ring (bicyclic) bond motifs is 1. The van der Waals surface area contributed by atoms with Crippen LogP contribution in [0.2, 0.25) is 0 Å². The first kappa shape index (κ1) is 20.7. The van der Waals surface area contributed by atoms with Crippen LogP contribution in [-0.4, -0.2) is 23.0 Å². The van der Waals surface area contributed by atoms with Crippen LogP contribution < -0.4 is 10.1 Å². The van der Waals surface area contributed by atoms with Crippen molar-refractivity contribution in [3.8, 4) is 5.75 Å². The van der Waals surface area contributed by atoms with E-state index in [9.17, 15) is 4.79 Å². The Bertz CT molecular complexity index is 1180. The fraction of sp³-hybridized carbons (Fsp3) is 0.231. The predicted octanol–water partition coefficient (Wildman–Crippen LogP) is 5.24. The summed E-state index contributed by atoms with van der Waals surface area (Å²) >= 11 is 0. The van der Waals surface area contributed by atoms with Crippen molar-refractivity contribution in [3.05, 3.63) is 89.2 Å². The highest BCUT2D eigenvalue weighted by Crippen LogP contribution is 2.17. The number of rotatable bonds is 8. The molecule has 158 valence electrons. The van der Waals surface area contributed by atoms with Crippen molar-refractivity contribution in [2.24, 2.45) is 0 Å². The van der Waals surface area contributed by atoms with E-state index in [0.29, 0.717) is 12.8 Å². The lowest BCUT2D eigenvalue weighted by Crippen LogP contribution is -2.12. The minimum Gasteiger partial charge on any atom is -0.497 e. The number of benzene rings is 3. The minimum absolute atomic E-state index is 0.0145. The van der Waals surface area contributed by atoms with Gasteiger partial charge in [0.25, 0.3) is 0 Å². The van der Waals surface area contributed by atoms with Crippen molar-refractivity contribution in [1.29, 1.82) is 0 Å². The fourth-order valence-electron chi connectivity index (χ4n) is 3.64. The molecule has 5 nitrogen and oxygen atoms in total. The van der Waals surface area contributed by atoms with Gasteiger partial charge in [0.2, 0.25) is 5.91 Å². The lowest BCUT2D eigenvalue weighted by molar-refractivity contribution is -0.116. The maximum atomic E-state index is 12.4. The number of aromatic amines is 1. The molecule has 0 aliphatic rings. The summed E-state index contributed by atoms with van der Waals surface area (Å²) in [4.78, 5) is 20.5. The Morgan fingerprint density at radius 3 is 2.61 bits per heavy atom. The summed E-state index contributed by atoms with van der Waals surface area (Å²) in [6.07, 6.45) is 2.81. The Kier molecular flexibility index (Phi) is 6.32. The number of hydrogen-bond donors (Lipinski definition) is 2. The molecule has 0 spiro atoms. The number of carbonyl (C=O) groups excluding carboxylic acids is 1. The molecule has 2 N–H and O–H groups in total. The topological polar surface area (TPSA) is 67.0 Å². The number of methoxy groups -OCH3 is 1. The van der Waals surface area contributed by atoms with E-state index < -0.39 is 0 Å². The highest BCUT2D eigenvalue weighted by atomic mass is 16.5. The maximum absolute atomic E-state index is 12.4. The van der Waals surface area contributed by atoms with Crippen LogP contribution in [0.3, 0.4) is 0 Å². The zero-order chi connectivity index (χ0) is 21.6. The Morgan fingerprint density at radius 2 is 1.81 bits per heavy atom. The van der Waals surface area contributed by atoms with Crippen molar-refractivity contribution in [2.45, 2.75) is 32.6 Å². The van der Waals surface area contributed by atoms with Crippen molar-refractivity contribution < 1.29 is 9.53 Å². The number of imidazole rings is 1. The number of hydrogen-bond acceptors (Lipinski definition) is 3. The van der Waals surface area contributed by atoms with Crippen LogP contribution in [0.1, 0.15) is 28.9 Å². The number of ether oxygens (including phenoxy) is 1. The number of carbonyl (C=O) groups is 1. The molecule has 0 radical (unpaired) electrons. The maximum Gasteiger partial charge on any atom is 0.224 e. The second-order valence-electron chi connectivity index (χ2n) is 7.80. The molecule has 0 aliphatic carbocycles. The largest absolute Gasteiger partial charge is 0.497 e. The Morgan fingerprint density at radius 1 is 0.968 bits per heavy atom. The molecule has 0 bridgehead atoms. The Hall–Kier alpha value is -3.60. The van der Waals surface area contributed by atoms with Crippen LogP contribution in [0.15, 0.2) is 66.7 Å². The van der Waals surface area contributed by atoms with E-state index in [4.69, 9.17) is 4.74 Å². The molecule has 0 unspecified atom stereocenters. The van der Waals surface area contributed by atoms with Gasteiger partial charge in [-0.3, -0.25) is 4.79 Å².